The number of H-pyrrole nitrogens is 2. The Hall–Kier alpha value is -6.42. The van der Waals surface area contributed by atoms with Crippen LogP contribution >= 0.6 is 0 Å². The molecule has 4 aliphatic rings. The van der Waals surface area contributed by atoms with E-state index in [0.29, 0.717) is 24.2 Å². The van der Waals surface area contributed by atoms with Crippen LogP contribution in [0.4, 0.5) is 0 Å². The lowest BCUT2D eigenvalue weighted by Crippen LogP contribution is -2.42. The topological polar surface area (TPSA) is 124 Å². The van der Waals surface area contributed by atoms with Crippen LogP contribution in [-0.2, 0) is 23.7 Å². The Morgan fingerprint density at radius 2 is 0.981 bits per heavy atom. The van der Waals surface area contributed by atoms with Gasteiger partial charge in [-0.25, -0.2) is 0 Å². The molecule has 2 N–H and O–H groups in total. The normalized spacial score (nSPS) is 20.8. The van der Waals surface area contributed by atoms with E-state index in [1.165, 1.54) is 11.1 Å². The van der Waals surface area contributed by atoms with Gasteiger partial charge in [0.1, 0.15) is 0 Å². The number of likely N-dealkylation sites (tertiary alicyclic amines) is 1. The summed E-state index contributed by atoms with van der Waals surface area (Å²) >= 11 is 0. The number of nitrogens with zero attached hydrogens (tertiary/aromatic N) is 6. The van der Waals surface area contributed by atoms with Gasteiger partial charge in [-0.1, -0.05) is 97.1 Å². The van der Waals surface area contributed by atoms with E-state index >= 15 is 0 Å². The highest BCUT2D eigenvalue weighted by Crippen LogP contribution is 2.42. The van der Waals surface area contributed by atoms with E-state index < -0.39 is 0 Å². The summed E-state index contributed by atoms with van der Waals surface area (Å²) in [7, 11) is 0. The van der Waals surface area contributed by atoms with Crippen molar-refractivity contribution in [2.75, 3.05) is 26.2 Å². The first-order valence-electron chi connectivity index (χ1n) is 18.1. The lowest BCUT2D eigenvalue weighted by atomic mass is 9.70. The van der Waals surface area contributed by atoms with Crippen LogP contribution in [0.2, 0.25) is 0 Å². The maximum Gasteiger partial charge on any atom is 0.275 e. The molecule has 2 aliphatic carbocycles. The average molecular weight is 699 g/mol. The monoisotopic (exact) mass is 698 g/mol. The quantitative estimate of drug-likeness (QED) is 0.205. The molecule has 6 aromatic rings. The number of pyridine rings is 2. The number of nitrogens with one attached hydrogen (secondary N) is 2. The first kappa shape index (κ1) is 32.5. The third-order valence-electron chi connectivity index (χ3n) is 10.9. The van der Waals surface area contributed by atoms with Crippen molar-refractivity contribution in [1.82, 2.24) is 40.2 Å². The van der Waals surface area contributed by atoms with E-state index in [1.54, 1.807) is 4.90 Å². The Morgan fingerprint density at radius 1 is 0.547 bits per heavy atom. The molecule has 2 amide bonds. The van der Waals surface area contributed by atoms with Gasteiger partial charge in [0, 0.05) is 73.9 Å². The SMILES string of the molecule is O=C(c1n[nH]c2c1C=CC(c1ccccc1)(c1ccccn1)C2)N1CC1.O=C(c1n[nH]c2c1C=CC(c1ccccc1)(c1ccccn1)C2)N1CCC1. The van der Waals surface area contributed by atoms with Gasteiger partial charge >= 0.3 is 0 Å². The van der Waals surface area contributed by atoms with Crippen LogP contribution < -0.4 is 0 Å². The maximum absolute atomic E-state index is 12.7. The highest BCUT2D eigenvalue weighted by molar-refractivity contribution is 5.98. The summed E-state index contributed by atoms with van der Waals surface area (Å²) in [6.07, 6.45) is 14.5. The fourth-order valence-corrected chi connectivity index (χ4v) is 7.70. The van der Waals surface area contributed by atoms with Crippen LogP contribution in [0.25, 0.3) is 12.2 Å². The number of hydrogen-bond acceptors (Lipinski definition) is 6. The molecule has 2 atom stereocenters. The number of carbonyl (C=O) groups is 2. The zero-order valence-corrected chi connectivity index (χ0v) is 29.2. The summed E-state index contributed by atoms with van der Waals surface area (Å²) in [4.78, 5) is 38.0. The third kappa shape index (κ3) is 5.76. The average Bonchev–Trinajstić information content (AvgIpc) is 3.84. The Bertz CT molecular complexity index is 2240. The van der Waals surface area contributed by atoms with Crippen LogP contribution in [0, 0.1) is 0 Å². The maximum atomic E-state index is 12.7. The molecule has 6 heterocycles. The molecule has 2 saturated heterocycles. The minimum absolute atomic E-state index is 0.0113. The zero-order chi connectivity index (χ0) is 35.8. The lowest BCUT2D eigenvalue weighted by molar-refractivity contribution is 0.0645. The summed E-state index contributed by atoms with van der Waals surface area (Å²) in [6, 6.07) is 32.8. The van der Waals surface area contributed by atoms with Gasteiger partial charge in [-0.15, -0.1) is 0 Å². The molecule has 2 aromatic carbocycles. The summed E-state index contributed by atoms with van der Waals surface area (Å²) in [5.74, 6) is 0.0330. The van der Waals surface area contributed by atoms with Crippen molar-refractivity contribution in [2.24, 2.45) is 0 Å². The van der Waals surface area contributed by atoms with Crippen molar-refractivity contribution >= 4 is 24.0 Å². The van der Waals surface area contributed by atoms with E-state index in [9.17, 15) is 9.59 Å². The molecule has 0 spiro atoms. The van der Waals surface area contributed by atoms with E-state index in [-0.39, 0.29) is 22.6 Å². The second kappa shape index (κ2) is 13.3. The second-order valence-electron chi connectivity index (χ2n) is 14.0. The van der Waals surface area contributed by atoms with Crippen molar-refractivity contribution in [3.8, 4) is 0 Å². The van der Waals surface area contributed by atoms with Gasteiger partial charge in [0.2, 0.25) is 0 Å². The molecule has 10 nitrogen and oxygen atoms in total. The number of carbonyl (C=O) groups excluding carboxylic acids is 2. The number of rotatable bonds is 6. The zero-order valence-electron chi connectivity index (χ0n) is 29.2. The molecule has 262 valence electrons. The first-order valence-corrected chi connectivity index (χ1v) is 18.1. The number of hydrogen-bond donors (Lipinski definition) is 2. The van der Waals surface area contributed by atoms with Crippen molar-refractivity contribution in [2.45, 2.75) is 30.1 Å². The first-order chi connectivity index (χ1) is 26.1. The standard InChI is InChI=1S/C22H20N4O.C21H18N4O/c27-21(26-13-6-14-26)20-17-10-11-22(15-18(17)24-25-20,16-7-2-1-3-8-16)19-9-4-5-12-23-19;26-20(25-12-13-25)19-16-9-10-21(14-17(16)23-24-19,15-6-2-1-3-7-15)18-8-4-5-11-22-18/h1-5,7-12H,6,13-15H2,(H,24,25);1-11H,12-14H2,(H,23,24). The Balaban J connectivity index is 0.000000141. The summed E-state index contributed by atoms with van der Waals surface area (Å²) in [6.45, 7) is 3.30. The van der Waals surface area contributed by atoms with Crippen LogP contribution in [0.3, 0.4) is 0 Å². The summed E-state index contributed by atoms with van der Waals surface area (Å²) < 4.78 is 0. The van der Waals surface area contributed by atoms with Gasteiger partial charge in [0.25, 0.3) is 11.8 Å². The van der Waals surface area contributed by atoms with Gasteiger partial charge in [0.05, 0.1) is 22.2 Å². The van der Waals surface area contributed by atoms with Crippen molar-refractivity contribution in [1.29, 1.82) is 0 Å². The highest BCUT2D eigenvalue weighted by Gasteiger charge is 2.40. The molecule has 0 bridgehead atoms. The number of aromatic nitrogens is 6. The van der Waals surface area contributed by atoms with E-state index in [1.807, 2.05) is 78.0 Å². The summed E-state index contributed by atoms with van der Waals surface area (Å²) in [5.41, 5.74) is 8.41. The molecular formula is C43H38N8O2. The smallest absolute Gasteiger partial charge is 0.275 e. The molecule has 2 aliphatic heterocycles. The molecule has 4 aromatic heterocycles. The molecule has 0 radical (unpaired) electrons. The van der Waals surface area contributed by atoms with Crippen molar-refractivity contribution in [3.05, 3.63) is 178 Å². The number of aromatic amines is 2. The van der Waals surface area contributed by atoms with Gasteiger partial charge in [-0.2, -0.15) is 10.2 Å². The predicted octanol–water partition coefficient (Wildman–Crippen LogP) is 6.02. The van der Waals surface area contributed by atoms with Crippen LogP contribution in [0.15, 0.2) is 122 Å². The lowest BCUT2D eigenvalue weighted by Gasteiger charge is -2.33. The number of allylic oxidation sites excluding steroid dienone is 2. The molecule has 10 heteroatoms. The molecule has 0 saturated carbocycles. The minimum atomic E-state index is -0.376. The van der Waals surface area contributed by atoms with Crippen molar-refractivity contribution in [3.63, 3.8) is 0 Å². The van der Waals surface area contributed by atoms with E-state index in [0.717, 1.165) is 66.5 Å². The Kier molecular flexibility index (Phi) is 8.14. The van der Waals surface area contributed by atoms with Gasteiger partial charge in [-0.05, 0) is 41.8 Å². The second-order valence-corrected chi connectivity index (χ2v) is 14.0. The molecular weight excluding hydrogens is 661 g/mol. The van der Waals surface area contributed by atoms with E-state index in [2.05, 4.69) is 91.0 Å². The Morgan fingerprint density at radius 3 is 1.36 bits per heavy atom. The van der Waals surface area contributed by atoms with Crippen LogP contribution in [0.1, 0.15) is 72.4 Å². The molecule has 2 unspecified atom stereocenters. The number of amides is 2. The van der Waals surface area contributed by atoms with E-state index in [4.69, 9.17) is 0 Å². The van der Waals surface area contributed by atoms with Gasteiger partial charge in [-0.3, -0.25) is 29.8 Å². The molecule has 10 rings (SSSR count). The third-order valence-corrected chi connectivity index (χ3v) is 10.9. The molecule has 2 fully saturated rings. The van der Waals surface area contributed by atoms with Crippen LogP contribution in [0.5, 0.6) is 0 Å². The Labute approximate surface area is 307 Å². The van der Waals surface area contributed by atoms with Crippen LogP contribution in [-0.4, -0.2) is 78.2 Å². The van der Waals surface area contributed by atoms with Crippen molar-refractivity contribution < 1.29 is 9.59 Å². The van der Waals surface area contributed by atoms with Gasteiger partial charge in [0.15, 0.2) is 11.4 Å². The predicted molar refractivity (Wildman–Crippen MR) is 202 cm³/mol. The summed E-state index contributed by atoms with van der Waals surface area (Å²) in [5, 5.41) is 14.9. The fourth-order valence-electron chi connectivity index (χ4n) is 7.70. The largest absolute Gasteiger partial charge is 0.337 e. The fraction of sp³-hybridized carbons (Fsp3) is 0.209. The molecule has 53 heavy (non-hydrogen) atoms. The minimum Gasteiger partial charge on any atom is -0.337 e. The van der Waals surface area contributed by atoms with Gasteiger partial charge < -0.3 is 9.80 Å². The highest BCUT2D eigenvalue weighted by atomic mass is 16.2. The number of benzene rings is 2. The number of fused-ring (bicyclic) bond motifs is 2.